The van der Waals surface area contributed by atoms with Crippen LogP contribution in [0.1, 0.15) is 27.9 Å². The number of hydrogen-bond donors (Lipinski definition) is 6. The van der Waals surface area contributed by atoms with Crippen molar-refractivity contribution in [3.05, 3.63) is 71.3 Å². The monoisotopic (exact) mass is 514 g/mol. The van der Waals surface area contributed by atoms with E-state index in [1.54, 1.807) is 54.6 Å². The smallest absolute Gasteiger partial charge is 0.343 e. The van der Waals surface area contributed by atoms with E-state index in [4.69, 9.17) is 32.0 Å². The number of aliphatic imine (C=N–C) groups is 1. The molecule has 190 valence electrons. The molecule has 0 heterocycles. The maximum atomic E-state index is 12.7. The zero-order valence-corrected chi connectivity index (χ0v) is 20.1. The van der Waals surface area contributed by atoms with Gasteiger partial charge >= 0.3 is 5.97 Å². The molecule has 0 aliphatic heterocycles. The number of amides is 1. The molecule has 0 spiro atoms. The number of fused-ring (bicyclic) bond motifs is 1. The van der Waals surface area contributed by atoms with Crippen LogP contribution in [0.15, 0.2) is 59.6 Å². The van der Waals surface area contributed by atoms with Crippen LogP contribution in [0.2, 0.25) is 0 Å². The standard InChI is InChI=1S/C22H22N6O3.CH4O3S/c23-20(29)10-8-18-17-7-3-15(21(24)25)11-14(17)4-9-19(18)31-22(30)13-1-5-16(6-2-13)27-12-28-26;1-5(2,3)4/h1-7,9,11-12H,8,10,26H2,(H2,23,29)(H3,24,25)(H,27,28);1H3,(H,2,3,4). The fourth-order valence-corrected chi connectivity index (χ4v) is 3.10. The summed E-state index contributed by atoms with van der Waals surface area (Å²) in [6.07, 6.45) is 2.44. The number of nitrogens with one attached hydrogen (secondary N) is 2. The van der Waals surface area contributed by atoms with Crippen LogP contribution in [0.4, 0.5) is 5.69 Å². The van der Waals surface area contributed by atoms with Gasteiger partial charge in [-0.25, -0.2) is 15.6 Å². The lowest BCUT2D eigenvalue weighted by atomic mass is 9.97. The van der Waals surface area contributed by atoms with Crippen LogP contribution < -0.4 is 27.5 Å². The van der Waals surface area contributed by atoms with Gasteiger partial charge in [-0.15, -0.1) is 0 Å². The van der Waals surface area contributed by atoms with E-state index in [2.05, 4.69) is 10.4 Å². The van der Waals surface area contributed by atoms with E-state index in [9.17, 15) is 18.0 Å². The predicted octanol–water partition coefficient (Wildman–Crippen LogP) is 1.39. The highest BCUT2D eigenvalue weighted by atomic mass is 32.2. The normalized spacial score (nSPS) is 11.0. The number of nitrogens with zero attached hydrogens (tertiary/aromatic N) is 1. The molecule has 1 amide bonds. The van der Waals surface area contributed by atoms with Gasteiger partial charge in [-0.3, -0.25) is 14.8 Å². The predicted molar refractivity (Wildman–Crippen MR) is 137 cm³/mol. The van der Waals surface area contributed by atoms with Gasteiger partial charge in [0.1, 0.15) is 17.9 Å². The van der Waals surface area contributed by atoms with Crippen molar-refractivity contribution < 1.29 is 27.3 Å². The van der Waals surface area contributed by atoms with E-state index in [0.29, 0.717) is 40.8 Å². The summed E-state index contributed by atoms with van der Waals surface area (Å²) in [6, 6.07) is 15.2. The van der Waals surface area contributed by atoms with E-state index < -0.39 is 22.0 Å². The van der Waals surface area contributed by atoms with Gasteiger partial charge in [-0.2, -0.15) is 8.42 Å². The van der Waals surface area contributed by atoms with Gasteiger partial charge in [0.15, 0.2) is 0 Å². The maximum absolute atomic E-state index is 12.7. The first-order chi connectivity index (χ1) is 16.9. The molecule has 0 aliphatic rings. The average molecular weight is 515 g/mol. The van der Waals surface area contributed by atoms with E-state index in [1.807, 2.05) is 0 Å². The fraction of sp³-hybridized carbons (Fsp3) is 0.130. The molecule has 0 aliphatic carbocycles. The molecule has 9 N–H and O–H groups in total. The number of nitrogen functional groups attached to an aromatic ring is 1. The van der Waals surface area contributed by atoms with Crippen LogP contribution in [0.3, 0.4) is 0 Å². The molecule has 3 aromatic rings. The van der Waals surface area contributed by atoms with Gasteiger partial charge in [0.05, 0.1) is 17.5 Å². The molecule has 0 saturated heterocycles. The second kappa shape index (κ2) is 12.4. The van der Waals surface area contributed by atoms with Crippen LogP contribution >= 0.6 is 0 Å². The van der Waals surface area contributed by atoms with Gasteiger partial charge in [-0.1, -0.05) is 18.2 Å². The number of rotatable bonds is 8. The third-order valence-electron chi connectivity index (χ3n) is 4.61. The Morgan fingerprint density at radius 3 is 2.25 bits per heavy atom. The summed E-state index contributed by atoms with van der Waals surface area (Å²) in [7, 11) is -3.67. The Hall–Kier alpha value is -4.33. The zero-order chi connectivity index (χ0) is 26.9. The highest BCUT2D eigenvalue weighted by Crippen LogP contribution is 2.31. The zero-order valence-electron chi connectivity index (χ0n) is 19.3. The lowest BCUT2D eigenvalue weighted by Gasteiger charge is -2.14. The summed E-state index contributed by atoms with van der Waals surface area (Å²) in [5.41, 5.74) is 15.4. The minimum atomic E-state index is -3.67. The van der Waals surface area contributed by atoms with Gasteiger partial charge in [0, 0.05) is 17.5 Å². The molecule has 0 unspecified atom stereocenters. The second-order valence-electron chi connectivity index (χ2n) is 7.45. The van der Waals surface area contributed by atoms with Crippen molar-refractivity contribution in [1.82, 2.24) is 5.43 Å². The first-order valence-electron chi connectivity index (χ1n) is 10.3. The number of esters is 1. The first-order valence-corrected chi connectivity index (χ1v) is 12.2. The van der Waals surface area contributed by atoms with Crippen molar-refractivity contribution in [3.8, 4) is 5.75 Å². The van der Waals surface area contributed by atoms with Crippen LogP contribution in [0.25, 0.3) is 10.8 Å². The van der Waals surface area contributed by atoms with Gasteiger partial charge in [0.25, 0.3) is 10.1 Å². The Labute approximate surface area is 207 Å². The summed E-state index contributed by atoms with van der Waals surface area (Å²) >= 11 is 0. The van der Waals surface area contributed by atoms with Crippen molar-refractivity contribution in [2.75, 3.05) is 6.26 Å². The number of hydrogen-bond acceptors (Lipinski definition) is 8. The Morgan fingerprint density at radius 2 is 1.69 bits per heavy atom. The van der Waals surface area contributed by atoms with Crippen LogP contribution in [0.5, 0.6) is 5.75 Å². The van der Waals surface area contributed by atoms with Crippen molar-refractivity contribution in [1.29, 1.82) is 5.41 Å². The summed E-state index contributed by atoms with van der Waals surface area (Å²) in [4.78, 5) is 28.1. The summed E-state index contributed by atoms with van der Waals surface area (Å²) in [5, 5.41) is 9.21. The minimum absolute atomic E-state index is 0.0499. The van der Waals surface area contributed by atoms with Crippen LogP contribution in [-0.2, 0) is 21.3 Å². The number of ether oxygens (including phenoxy) is 1. The van der Waals surface area contributed by atoms with Crippen molar-refractivity contribution >= 4 is 50.6 Å². The molecule has 0 bridgehead atoms. The quantitative estimate of drug-likeness (QED) is 0.0485. The summed E-state index contributed by atoms with van der Waals surface area (Å²) < 4.78 is 31.5. The number of aryl methyl sites for hydroxylation is 1. The number of carbonyl (C=O) groups excluding carboxylic acids is 2. The molecular weight excluding hydrogens is 488 g/mol. The molecule has 0 fully saturated rings. The summed E-state index contributed by atoms with van der Waals surface area (Å²) in [6.45, 7) is 0. The topological polar surface area (TPSA) is 224 Å². The number of hydrazine groups is 1. The number of carbonyl (C=O) groups is 2. The molecular formula is C23H26N6O6S. The number of primary amides is 1. The molecule has 3 rings (SSSR count). The number of amidine groups is 1. The molecule has 3 aromatic carbocycles. The fourth-order valence-electron chi connectivity index (χ4n) is 3.10. The van der Waals surface area contributed by atoms with Crippen LogP contribution in [0, 0.1) is 5.41 Å². The molecule has 12 nitrogen and oxygen atoms in total. The third-order valence-corrected chi connectivity index (χ3v) is 4.61. The largest absolute Gasteiger partial charge is 0.423 e. The molecule has 0 atom stereocenters. The minimum Gasteiger partial charge on any atom is -0.423 e. The molecule has 0 radical (unpaired) electrons. The van der Waals surface area contributed by atoms with E-state index >= 15 is 0 Å². The Balaban J connectivity index is 0.000000830. The van der Waals surface area contributed by atoms with Gasteiger partial charge in [0.2, 0.25) is 5.91 Å². The molecule has 36 heavy (non-hydrogen) atoms. The van der Waals surface area contributed by atoms with Crippen molar-refractivity contribution in [2.45, 2.75) is 12.8 Å². The molecule has 0 aromatic heterocycles. The van der Waals surface area contributed by atoms with Gasteiger partial charge in [-0.05, 0) is 53.6 Å². The van der Waals surface area contributed by atoms with Crippen molar-refractivity contribution in [2.24, 2.45) is 22.3 Å². The first kappa shape index (κ1) is 27.9. The Bertz CT molecular complexity index is 1400. The lowest BCUT2D eigenvalue weighted by Crippen LogP contribution is -2.18. The lowest BCUT2D eigenvalue weighted by molar-refractivity contribution is -0.117. The Kier molecular flexibility index (Phi) is 9.61. The number of nitrogens with two attached hydrogens (primary N) is 3. The van der Waals surface area contributed by atoms with Crippen molar-refractivity contribution in [3.63, 3.8) is 0 Å². The average Bonchev–Trinajstić information content (AvgIpc) is 2.80. The van der Waals surface area contributed by atoms with Gasteiger partial charge < -0.3 is 21.6 Å². The highest BCUT2D eigenvalue weighted by Gasteiger charge is 2.16. The SMILES string of the molecule is CS(=O)(=O)O.N=C(N)c1ccc2c(CCC(N)=O)c(OC(=O)c3ccc(N=CNN)cc3)ccc2c1. The Morgan fingerprint density at radius 1 is 1.08 bits per heavy atom. The van der Waals surface area contributed by atoms with E-state index in [-0.39, 0.29) is 12.3 Å². The highest BCUT2D eigenvalue weighted by molar-refractivity contribution is 7.85. The maximum Gasteiger partial charge on any atom is 0.343 e. The number of benzene rings is 3. The second-order valence-corrected chi connectivity index (χ2v) is 8.92. The van der Waals surface area contributed by atoms with E-state index in [0.717, 1.165) is 10.8 Å². The molecule has 13 heteroatoms. The van der Waals surface area contributed by atoms with Crippen LogP contribution in [-0.4, -0.2) is 43.3 Å². The van der Waals surface area contributed by atoms with E-state index in [1.165, 1.54) is 6.34 Å². The molecule has 0 saturated carbocycles. The third kappa shape index (κ3) is 8.79. The summed E-state index contributed by atoms with van der Waals surface area (Å²) in [5.74, 6) is 4.42.